The Hall–Kier alpha value is -1.22. The van der Waals surface area contributed by atoms with Crippen molar-refractivity contribution in [1.82, 2.24) is 14.6 Å². The molecule has 17 heavy (non-hydrogen) atoms. The van der Waals surface area contributed by atoms with E-state index in [0.29, 0.717) is 31.9 Å². The smallest absolute Gasteiger partial charge is 0.246 e. The largest absolute Gasteiger partial charge is 0.323 e. The minimum atomic E-state index is -3.52. The van der Waals surface area contributed by atoms with Crippen molar-refractivity contribution in [3.05, 3.63) is 18.5 Å². The topological polar surface area (TPSA) is 100 Å². The Morgan fingerprint density at radius 2 is 2.12 bits per heavy atom. The zero-order valence-electron chi connectivity index (χ0n) is 9.26. The molecule has 1 aromatic rings. The van der Waals surface area contributed by atoms with E-state index >= 15 is 0 Å². The molecule has 94 valence electrons. The van der Waals surface area contributed by atoms with Gasteiger partial charge >= 0.3 is 0 Å². The summed E-state index contributed by atoms with van der Waals surface area (Å²) in [5, 5.41) is 3.10. The van der Waals surface area contributed by atoms with Crippen LogP contribution >= 0.6 is 0 Å². The van der Waals surface area contributed by atoms with Crippen LogP contribution in [0.2, 0.25) is 0 Å². The van der Waals surface area contributed by atoms with E-state index in [2.05, 4.69) is 15.7 Å². The Kier molecular flexibility index (Phi) is 3.57. The van der Waals surface area contributed by atoms with Crippen molar-refractivity contribution < 1.29 is 8.42 Å². The number of aromatic nitrogens is 1. The van der Waals surface area contributed by atoms with Crippen LogP contribution in [0.3, 0.4) is 0 Å². The number of hydrogen-bond donors (Lipinski definition) is 3. The molecule has 0 saturated carbocycles. The summed E-state index contributed by atoms with van der Waals surface area (Å²) in [6.07, 6.45) is 2.80. The summed E-state index contributed by atoms with van der Waals surface area (Å²) >= 11 is 0. The molecule has 8 heteroatoms. The van der Waals surface area contributed by atoms with Crippen LogP contribution in [0.25, 0.3) is 0 Å². The highest BCUT2D eigenvalue weighted by Crippen LogP contribution is 2.22. The summed E-state index contributed by atoms with van der Waals surface area (Å²) in [7, 11) is -3.52. The Labute approximate surface area is 100 Å². The summed E-state index contributed by atoms with van der Waals surface area (Å²) in [4.78, 5) is 3.95. The molecule has 1 aromatic heterocycles. The van der Waals surface area contributed by atoms with Crippen LogP contribution in [-0.2, 0) is 10.0 Å². The first-order valence-corrected chi connectivity index (χ1v) is 6.72. The van der Waals surface area contributed by atoms with Crippen LogP contribution in [0.1, 0.15) is 0 Å². The van der Waals surface area contributed by atoms with Crippen molar-refractivity contribution in [2.75, 3.05) is 31.6 Å². The lowest BCUT2D eigenvalue weighted by Crippen LogP contribution is -2.46. The third-order valence-corrected chi connectivity index (χ3v) is 4.56. The second-order valence-electron chi connectivity index (χ2n) is 3.67. The van der Waals surface area contributed by atoms with Gasteiger partial charge in [0.05, 0.1) is 5.69 Å². The second kappa shape index (κ2) is 4.96. The van der Waals surface area contributed by atoms with Gasteiger partial charge in [-0.1, -0.05) is 0 Å². The molecule has 0 bridgehead atoms. The average Bonchev–Trinajstić information content (AvgIpc) is 2.39. The molecule has 7 nitrogen and oxygen atoms in total. The van der Waals surface area contributed by atoms with Gasteiger partial charge in [-0.3, -0.25) is 10.8 Å². The molecule has 0 aliphatic carbocycles. The molecule has 1 aliphatic heterocycles. The van der Waals surface area contributed by atoms with E-state index in [4.69, 9.17) is 5.84 Å². The fourth-order valence-electron chi connectivity index (χ4n) is 1.73. The van der Waals surface area contributed by atoms with Crippen molar-refractivity contribution in [2.24, 2.45) is 5.84 Å². The van der Waals surface area contributed by atoms with Gasteiger partial charge in [0.25, 0.3) is 0 Å². The van der Waals surface area contributed by atoms with E-state index in [0.717, 1.165) is 0 Å². The molecule has 2 heterocycles. The van der Waals surface area contributed by atoms with E-state index in [1.54, 1.807) is 0 Å². The van der Waals surface area contributed by atoms with Crippen LogP contribution in [-0.4, -0.2) is 43.9 Å². The molecule has 0 aromatic carbocycles. The number of piperazine rings is 1. The highest BCUT2D eigenvalue weighted by molar-refractivity contribution is 7.89. The predicted molar refractivity (Wildman–Crippen MR) is 63.7 cm³/mol. The third kappa shape index (κ3) is 2.39. The van der Waals surface area contributed by atoms with Gasteiger partial charge in [-0.05, 0) is 6.07 Å². The van der Waals surface area contributed by atoms with Crippen LogP contribution in [0.4, 0.5) is 5.69 Å². The highest BCUT2D eigenvalue weighted by atomic mass is 32.2. The molecule has 1 saturated heterocycles. The SMILES string of the molecule is NNc1ccncc1S(=O)(=O)N1CCNCC1. The number of nitrogens with two attached hydrogens (primary N) is 1. The van der Waals surface area contributed by atoms with E-state index < -0.39 is 10.0 Å². The highest BCUT2D eigenvalue weighted by Gasteiger charge is 2.28. The van der Waals surface area contributed by atoms with Crippen LogP contribution in [0.5, 0.6) is 0 Å². The van der Waals surface area contributed by atoms with Crippen molar-refractivity contribution >= 4 is 15.7 Å². The lowest BCUT2D eigenvalue weighted by molar-refractivity contribution is 0.360. The molecule has 0 radical (unpaired) electrons. The molecule has 1 aliphatic rings. The molecule has 0 atom stereocenters. The minimum Gasteiger partial charge on any atom is -0.323 e. The van der Waals surface area contributed by atoms with Gasteiger partial charge in [-0.25, -0.2) is 8.42 Å². The number of nitrogens with one attached hydrogen (secondary N) is 2. The van der Waals surface area contributed by atoms with Gasteiger partial charge in [0, 0.05) is 38.6 Å². The summed E-state index contributed by atoms with van der Waals surface area (Å²) < 4.78 is 26.1. The Bertz CT molecular complexity index is 484. The zero-order valence-corrected chi connectivity index (χ0v) is 10.1. The molecule has 2 rings (SSSR count). The maximum atomic E-state index is 12.3. The monoisotopic (exact) mass is 257 g/mol. The Morgan fingerprint density at radius 1 is 1.41 bits per heavy atom. The number of nitrogen functional groups attached to an aromatic ring is 1. The van der Waals surface area contributed by atoms with E-state index in [1.807, 2.05) is 0 Å². The number of hydrazine groups is 1. The number of sulfonamides is 1. The molecule has 0 amide bonds. The molecule has 0 unspecified atom stereocenters. The van der Waals surface area contributed by atoms with Gasteiger partial charge in [0.1, 0.15) is 4.90 Å². The van der Waals surface area contributed by atoms with Crippen molar-refractivity contribution in [2.45, 2.75) is 4.90 Å². The van der Waals surface area contributed by atoms with E-state index in [9.17, 15) is 8.42 Å². The van der Waals surface area contributed by atoms with Crippen LogP contribution < -0.4 is 16.6 Å². The summed E-state index contributed by atoms with van der Waals surface area (Å²) in [5.41, 5.74) is 2.74. The number of nitrogens with zero attached hydrogens (tertiary/aromatic N) is 2. The molecular weight excluding hydrogens is 242 g/mol. The fourth-order valence-corrected chi connectivity index (χ4v) is 3.27. The summed E-state index contributed by atoms with van der Waals surface area (Å²) in [5.74, 6) is 5.30. The zero-order chi connectivity index (χ0) is 12.3. The third-order valence-electron chi connectivity index (χ3n) is 2.63. The first kappa shape index (κ1) is 12.2. The van der Waals surface area contributed by atoms with Gasteiger partial charge in [0.15, 0.2) is 0 Å². The number of anilines is 1. The second-order valence-corrected chi connectivity index (χ2v) is 5.58. The molecule has 0 spiro atoms. The van der Waals surface area contributed by atoms with Crippen molar-refractivity contribution in [3.8, 4) is 0 Å². The first-order valence-electron chi connectivity index (χ1n) is 5.28. The maximum Gasteiger partial charge on any atom is 0.246 e. The van der Waals surface area contributed by atoms with Gasteiger partial charge in [-0.2, -0.15) is 4.31 Å². The number of pyridine rings is 1. The fraction of sp³-hybridized carbons (Fsp3) is 0.444. The van der Waals surface area contributed by atoms with E-state index in [1.165, 1.54) is 22.8 Å². The maximum absolute atomic E-state index is 12.3. The first-order chi connectivity index (χ1) is 8.16. The number of hydrogen-bond acceptors (Lipinski definition) is 6. The molecular formula is C9H15N5O2S. The van der Waals surface area contributed by atoms with Gasteiger partial charge < -0.3 is 10.7 Å². The van der Waals surface area contributed by atoms with Crippen LogP contribution in [0.15, 0.2) is 23.4 Å². The minimum absolute atomic E-state index is 0.115. The average molecular weight is 257 g/mol. The van der Waals surface area contributed by atoms with Crippen molar-refractivity contribution in [1.29, 1.82) is 0 Å². The summed E-state index contributed by atoms with van der Waals surface area (Å²) in [6.45, 7) is 2.23. The van der Waals surface area contributed by atoms with E-state index in [-0.39, 0.29) is 4.90 Å². The van der Waals surface area contributed by atoms with Crippen LogP contribution in [0, 0.1) is 0 Å². The molecule has 1 fully saturated rings. The number of rotatable bonds is 3. The normalized spacial score (nSPS) is 17.9. The molecule has 4 N–H and O–H groups in total. The Balaban J connectivity index is 2.36. The predicted octanol–water partition coefficient (Wildman–Crippen LogP) is -1.04. The lowest BCUT2D eigenvalue weighted by atomic mass is 10.4. The van der Waals surface area contributed by atoms with Gasteiger partial charge in [-0.15, -0.1) is 0 Å². The summed E-state index contributed by atoms with van der Waals surface area (Å²) in [6, 6.07) is 1.54. The van der Waals surface area contributed by atoms with Gasteiger partial charge in [0.2, 0.25) is 10.0 Å². The van der Waals surface area contributed by atoms with Crippen molar-refractivity contribution in [3.63, 3.8) is 0 Å². The standard InChI is InChI=1S/C9H15N5O2S/c10-13-8-1-2-12-7-9(8)17(15,16)14-5-3-11-4-6-14/h1-2,7,11H,3-6,10H2,(H,12,13). The lowest BCUT2D eigenvalue weighted by Gasteiger charge is -2.27. The Morgan fingerprint density at radius 3 is 2.76 bits per heavy atom. The quantitative estimate of drug-likeness (QED) is 0.472.